The molecule has 4 aromatic rings. The maximum Gasteiger partial charge on any atom is 0.336 e. The van der Waals surface area contributed by atoms with Crippen molar-refractivity contribution in [2.24, 2.45) is 0 Å². The van der Waals surface area contributed by atoms with Crippen LogP contribution in [0.4, 0.5) is 0 Å². The van der Waals surface area contributed by atoms with E-state index < -0.39 is 11.5 Å². The molecule has 0 saturated carbocycles. The molecule has 4 rings (SSSR count). The molecule has 0 radical (unpaired) electrons. The van der Waals surface area contributed by atoms with E-state index in [0.717, 1.165) is 10.9 Å². The molecule has 0 unspecified atom stereocenters. The van der Waals surface area contributed by atoms with E-state index in [1.165, 1.54) is 6.07 Å². The average molecular weight is 402 g/mol. The lowest BCUT2D eigenvalue weighted by molar-refractivity contribution is 0.0925. The lowest BCUT2D eigenvalue weighted by Crippen LogP contribution is -2.23. The maximum atomic E-state index is 12.4. The van der Waals surface area contributed by atoms with Gasteiger partial charge < -0.3 is 14.2 Å². The third kappa shape index (κ3) is 3.44. The number of benzene rings is 2. The molecule has 2 aromatic carbocycles. The number of carbonyl (C=O) groups is 1. The quantitative estimate of drug-likeness (QED) is 0.485. The first kappa shape index (κ1) is 17.6. The minimum Gasteiger partial charge on any atom is -0.451 e. The van der Waals surface area contributed by atoms with Gasteiger partial charge in [0.15, 0.2) is 5.76 Å². The van der Waals surface area contributed by atoms with Crippen molar-refractivity contribution in [1.29, 1.82) is 0 Å². The number of halogens is 2. The molecular formula is C20H13Cl2NO4. The molecule has 0 aliphatic carbocycles. The van der Waals surface area contributed by atoms with Crippen molar-refractivity contribution in [3.05, 3.63) is 79.8 Å². The molecule has 0 saturated heterocycles. The van der Waals surface area contributed by atoms with Gasteiger partial charge in [-0.25, -0.2) is 4.79 Å². The van der Waals surface area contributed by atoms with E-state index in [0.29, 0.717) is 32.2 Å². The third-order valence-corrected chi connectivity index (χ3v) is 4.89. The highest BCUT2D eigenvalue weighted by Gasteiger charge is 2.14. The minimum absolute atomic E-state index is 0.123. The summed E-state index contributed by atoms with van der Waals surface area (Å²) >= 11 is 12.1. The van der Waals surface area contributed by atoms with E-state index in [-0.39, 0.29) is 12.3 Å². The largest absolute Gasteiger partial charge is 0.451 e. The summed E-state index contributed by atoms with van der Waals surface area (Å²) in [5.74, 6) is -0.240. The van der Waals surface area contributed by atoms with Crippen LogP contribution < -0.4 is 10.9 Å². The van der Waals surface area contributed by atoms with Crippen LogP contribution in [0.5, 0.6) is 0 Å². The number of fused-ring (bicyclic) bond motifs is 2. The summed E-state index contributed by atoms with van der Waals surface area (Å²) in [5.41, 5.74) is 1.90. The Bertz CT molecular complexity index is 1260. The third-order valence-electron chi connectivity index (χ3n) is 4.25. The number of furan rings is 1. The Kier molecular flexibility index (Phi) is 4.42. The Balaban J connectivity index is 1.63. The van der Waals surface area contributed by atoms with E-state index in [1.54, 1.807) is 36.4 Å². The molecule has 0 spiro atoms. The zero-order chi connectivity index (χ0) is 19.1. The zero-order valence-corrected chi connectivity index (χ0v) is 15.6. The number of aryl methyl sites for hydroxylation is 1. The monoisotopic (exact) mass is 401 g/mol. The van der Waals surface area contributed by atoms with Gasteiger partial charge in [0.25, 0.3) is 5.91 Å². The van der Waals surface area contributed by atoms with Gasteiger partial charge >= 0.3 is 5.63 Å². The number of nitrogens with one attached hydrogen (secondary N) is 1. The van der Waals surface area contributed by atoms with Gasteiger partial charge in [-0.2, -0.15) is 0 Å². The molecule has 136 valence electrons. The molecule has 0 atom stereocenters. The molecule has 7 heteroatoms. The molecule has 0 aliphatic heterocycles. The highest BCUT2D eigenvalue weighted by Crippen LogP contribution is 2.26. The number of hydrogen-bond acceptors (Lipinski definition) is 4. The highest BCUT2D eigenvalue weighted by atomic mass is 35.5. The fourth-order valence-electron chi connectivity index (χ4n) is 2.88. The van der Waals surface area contributed by atoms with Crippen molar-refractivity contribution >= 4 is 51.0 Å². The Morgan fingerprint density at radius 3 is 2.67 bits per heavy atom. The summed E-state index contributed by atoms with van der Waals surface area (Å²) in [6.45, 7) is 1.95. The van der Waals surface area contributed by atoms with Gasteiger partial charge in [0.05, 0.1) is 0 Å². The second kappa shape index (κ2) is 6.76. The molecule has 0 aliphatic rings. The van der Waals surface area contributed by atoms with Gasteiger partial charge in [-0.15, -0.1) is 0 Å². The first-order chi connectivity index (χ1) is 12.9. The van der Waals surface area contributed by atoms with Crippen LogP contribution in [0.15, 0.2) is 56.1 Å². The van der Waals surface area contributed by atoms with E-state index >= 15 is 0 Å². The molecule has 2 aromatic heterocycles. The minimum atomic E-state index is -0.494. The number of rotatable bonds is 3. The van der Waals surface area contributed by atoms with Crippen molar-refractivity contribution in [3.63, 3.8) is 0 Å². The molecule has 2 heterocycles. The second-order valence-electron chi connectivity index (χ2n) is 6.16. The summed E-state index contributed by atoms with van der Waals surface area (Å²) in [4.78, 5) is 24.3. The summed E-state index contributed by atoms with van der Waals surface area (Å²) in [7, 11) is 0. The van der Waals surface area contributed by atoms with Crippen LogP contribution in [0.2, 0.25) is 10.0 Å². The van der Waals surface area contributed by atoms with Crippen LogP contribution in [-0.4, -0.2) is 5.91 Å². The normalized spacial score (nSPS) is 11.2. The number of carbonyl (C=O) groups excluding carboxylic acids is 1. The second-order valence-corrected chi connectivity index (χ2v) is 7.01. The number of amides is 1. The van der Waals surface area contributed by atoms with Gasteiger partial charge in [-0.1, -0.05) is 23.2 Å². The molecular weight excluding hydrogens is 389 g/mol. The van der Waals surface area contributed by atoms with Crippen LogP contribution in [0, 0.1) is 6.92 Å². The SMILES string of the molecule is Cc1cc2oc(=O)cc(CNC(=O)c3cc4cc(Cl)ccc4o3)c2cc1Cl. The summed E-state index contributed by atoms with van der Waals surface area (Å²) in [6.07, 6.45) is 0. The summed E-state index contributed by atoms with van der Waals surface area (Å²) in [5, 5.41) is 5.27. The van der Waals surface area contributed by atoms with Gasteiger partial charge in [0, 0.05) is 33.4 Å². The van der Waals surface area contributed by atoms with E-state index in [4.69, 9.17) is 32.0 Å². The zero-order valence-electron chi connectivity index (χ0n) is 14.1. The molecule has 1 N–H and O–H groups in total. The predicted octanol–water partition coefficient (Wildman–Crippen LogP) is 5.08. The van der Waals surface area contributed by atoms with Crippen LogP contribution >= 0.6 is 23.2 Å². The van der Waals surface area contributed by atoms with Crippen LogP contribution in [0.1, 0.15) is 21.7 Å². The van der Waals surface area contributed by atoms with Gasteiger partial charge in [0.2, 0.25) is 0 Å². The Morgan fingerprint density at radius 1 is 1.04 bits per heavy atom. The van der Waals surface area contributed by atoms with Crippen molar-refractivity contribution in [3.8, 4) is 0 Å². The number of hydrogen-bond donors (Lipinski definition) is 1. The fraction of sp³-hybridized carbons (Fsp3) is 0.100. The fourth-order valence-corrected chi connectivity index (χ4v) is 3.23. The first-order valence-electron chi connectivity index (χ1n) is 8.11. The summed E-state index contributed by atoms with van der Waals surface area (Å²) < 4.78 is 10.8. The predicted molar refractivity (Wildman–Crippen MR) is 105 cm³/mol. The lowest BCUT2D eigenvalue weighted by Gasteiger charge is -2.08. The highest BCUT2D eigenvalue weighted by molar-refractivity contribution is 6.32. The van der Waals surface area contributed by atoms with E-state index in [2.05, 4.69) is 5.32 Å². The Hall–Kier alpha value is -2.76. The van der Waals surface area contributed by atoms with Crippen molar-refractivity contribution in [1.82, 2.24) is 5.32 Å². The standard InChI is InChI=1S/C20H13Cl2NO4/c1-10-4-17-14(8-15(10)22)12(7-19(24)27-17)9-23-20(25)18-6-11-5-13(21)2-3-16(11)26-18/h2-8H,9H2,1H3,(H,23,25). The molecule has 5 nitrogen and oxygen atoms in total. The molecule has 1 amide bonds. The van der Waals surface area contributed by atoms with Crippen LogP contribution in [0.25, 0.3) is 21.9 Å². The lowest BCUT2D eigenvalue weighted by atomic mass is 10.1. The van der Waals surface area contributed by atoms with Crippen molar-refractivity contribution in [2.45, 2.75) is 13.5 Å². The maximum absolute atomic E-state index is 12.4. The Morgan fingerprint density at radius 2 is 1.85 bits per heavy atom. The van der Waals surface area contributed by atoms with Gasteiger partial charge in [-0.3, -0.25) is 4.79 Å². The van der Waals surface area contributed by atoms with E-state index in [1.807, 2.05) is 6.92 Å². The molecule has 27 heavy (non-hydrogen) atoms. The first-order valence-corrected chi connectivity index (χ1v) is 8.86. The molecule has 0 bridgehead atoms. The Labute approximate surface area is 163 Å². The smallest absolute Gasteiger partial charge is 0.336 e. The van der Waals surface area contributed by atoms with Crippen molar-refractivity contribution in [2.75, 3.05) is 0 Å². The molecule has 0 fully saturated rings. The van der Waals surface area contributed by atoms with E-state index in [9.17, 15) is 9.59 Å². The van der Waals surface area contributed by atoms with Crippen LogP contribution in [0.3, 0.4) is 0 Å². The van der Waals surface area contributed by atoms with Crippen LogP contribution in [-0.2, 0) is 6.54 Å². The summed E-state index contributed by atoms with van der Waals surface area (Å²) in [6, 6.07) is 11.5. The topological polar surface area (TPSA) is 72.5 Å². The van der Waals surface area contributed by atoms with Crippen molar-refractivity contribution < 1.29 is 13.6 Å². The average Bonchev–Trinajstić information content (AvgIpc) is 3.04. The van der Waals surface area contributed by atoms with Gasteiger partial charge in [0.1, 0.15) is 11.2 Å². The van der Waals surface area contributed by atoms with Gasteiger partial charge in [-0.05, 0) is 54.4 Å².